The standard InChI is InChI=1S/C20H28N6O3/c1-15-11-18(21)26(23-15)14-19(27)25-7-10-29-17(13-24-5-8-28-9-6-24)20(25)16-3-2-4-22-12-16/h2-4,11-12,17,20H,5-10,13-14,21H2,1H3/t17-,20-/m0/s1. The van der Waals surface area contributed by atoms with Crippen molar-refractivity contribution in [1.82, 2.24) is 24.6 Å². The molecule has 0 aliphatic carbocycles. The number of anilines is 1. The summed E-state index contributed by atoms with van der Waals surface area (Å²) >= 11 is 0. The van der Waals surface area contributed by atoms with E-state index in [1.165, 1.54) is 0 Å². The molecule has 2 fully saturated rings. The molecular weight excluding hydrogens is 372 g/mol. The minimum Gasteiger partial charge on any atom is -0.384 e. The first-order valence-electron chi connectivity index (χ1n) is 10.0. The maximum absolute atomic E-state index is 13.3. The highest BCUT2D eigenvalue weighted by molar-refractivity contribution is 5.77. The predicted molar refractivity (Wildman–Crippen MR) is 107 cm³/mol. The van der Waals surface area contributed by atoms with Gasteiger partial charge in [0.25, 0.3) is 0 Å². The van der Waals surface area contributed by atoms with Gasteiger partial charge in [-0.2, -0.15) is 5.10 Å². The molecule has 2 aliphatic rings. The lowest BCUT2D eigenvalue weighted by molar-refractivity contribution is -0.150. The van der Waals surface area contributed by atoms with E-state index in [-0.39, 0.29) is 24.6 Å². The molecule has 4 rings (SSSR count). The number of carbonyl (C=O) groups is 1. The Morgan fingerprint density at radius 1 is 1.28 bits per heavy atom. The Kier molecular flexibility index (Phi) is 6.08. The van der Waals surface area contributed by atoms with Crippen molar-refractivity contribution in [1.29, 1.82) is 0 Å². The van der Waals surface area contributed by atoms with Crippen LogP contribution in [0.2, 0.25) is 0 Å². The zero-order valence-corrected chi connectivity index (χ0v) is 16.7. The first kappa shape index (κ1) is 19.8. The number of nitrogens with zero attached hydrogens (tertiary/aromatic N) is 5. The van der Waals surface area contributed by atoms with Gasteiger partial charge in [0.05, 0.1) is 37.7 Å². The molecule has 0 unspecified atom stereocenters. The maximum Gasteiger partial charge on any atom is 0.245 e. The van der Waals surface area contributed by atoms with Gasteiger partial charge < -0.3 is 20.1 Å². The van der Waals surface area contributed by atoms with Crippen LogP contribution in [0.25, 0.3) is 0 Å². The lowest BCUT2D eigenvalue weighted by Gasteiger charge is -2.43. The molecule has 0 spiro atoms. The summed E-state index contributed by atoms with van der Waals surface area (Å²) in [5.41, 5.74) is 7.77. The molecule has 4 heterocycles. The normalized spacial score (nSPS) is 23.3. The highest BCUT2D eigenvalue weighted by Crippen LogP contribution is 2.30. The van der Waals surface area contributed by atoms with Crippen LogP contribution < -0.4 is 5.73 Å². The first-order chi connectivity index (χ1) is 14.1. The summed E-state index contributed by atoms with van der Waals surface area (Å²) in [6.07, 6.45) is 3.42. The van der Waals surface area contributed by atoms with E-state index in [1.807, 2.05) is 30.2 Å². The van der Waals surface area contributed by atoms with Crippen LogP contribution in [0.1, 0.15) is 17.3 Å². The number of hydrogen-bond acceptors (Lipinski definition) is 7. The van der Waals surface area contributed by atoms with Crippen molar-refractivity contribution in [3.8, 4) is 0 Å². The fraction of sp³-hybridized carbons (Fsp3) is 0.550. The zero-order chi connectivity index (χ0) is 20.2. The number of carbonyl (C=O) groups excluding carboxylic acids is 1. The SMILES string of the molecule is Cc1cc(N)n(CC(=O)N2CCO[C@@H](CN3CCOCC3)[C@@H]2c2cccnc2)n1. The molecule has 9 heteroatoms. The Morgan fingerprint density at radius 3 is 2.79 bits per heavy atom. The van der Waals surface area contributed by atoms with Gasteiger partial charge in [0.15, 0.2) is 0 Å². The van der Waals surface area contributed by atoms with E-state index in [0.717, 1.165) is 44.1 Å². The number of nitrogens with two attached hydrogens (primary N) is 1. The molecular formula is C20H28N6O3. The van der Waals surface area contributed by atoms with Crippen molar-refractivity contribution in [2.75, 3.05) is 51.7 Å². The number of aryl methyl sites for hydroxylation is 1. The molecule has 2 saturated heterocycles. The molecule has 0 saturated carbocycles. The fourth-order valence-electron chi connectivity index (χ4n) is 4.06. The van der Waals surface area contributed by atoms with Crippen molar-refractivity contribution >= 4 is 11.7 Å². The van der Waals surface area contributed by atoms with Crippen LogP contribution in [0, 0.1) is 6.92 Å². The van der Waals surface area contributed by atoms with Crippen molar-refractivity contribution in [3.05, 3.63) is 41.9 Å². The van der Waals surface area contributed by atoms with E-state index in [2.05, 4.69) is 15.0 Å². The zero-order valence-electron chi connectivity index (χ0n) is 16.7. The Hall–Kier alpha value is -2.49. The van der Waals surface area contributed by atoms with Crippen LogP contribution in [-0.2, 0) is 20.8 Å². The summed E-state index contributed by atoms with van der Waals surface area (Å²) < 4.78 is 13.2. The van der Waals surface area contributed by atoms with Crippen molar-refractivity contribution < 1.29 is 14.3 Å². The third kappa shape index (κ3) is 4.58. The van der Waals surface area contributed by atoms with E-state index in [4.69, 9.17) is 15.2 Å². The molecule has 156 valence electrons. The molecule has 29 heavy (non-hydrogen) atoms. The van der Waals surface area contributed by atoms with Gasteiger partial charge in [-0.25, -0.2) is 4.68 Å². The van der Waals surface area contributed by atoms with Gasteiger partial charge >= 0.3 is 0 Å². The highest BCUT2D eigenvalue weighted by Gasteiger charge is 2.37. The van der Waals surface area contributed by atoms with Gasteiger partial charge in [-0.3, -0.25) is 14.7 Å². The molecule has 2 N–H and O–H groups in total. The number of hydrogen-bond donors (Lipinski definition) is 1. The van der Waals surface area contributed by atoms with E-state index in [1.54, 1.807) is 16.9 Å². The van der Waals surface area contributed by atoms with Gasteiger partial charge in [0, 0.05) is 44.6 Å². The summed E-state index contributed by atoms with van der Waals surface area (Å²) in [5.74, 6) is 0.468. The van der Waals surface area contributed by atoms with Crippen molar-refractivity contribution in [2.45, 2.75) is 25.6 Å². The molecule has 9 nitrogen and oxygen atoms in total. The monoisotopic (exact) mass is 400 g/mol. The van der Waals surface area contributed by atoms with Crippen molar-refractivity contribution in [3.63, 3.8) is 0 Å². The second-order valence-electron chi connectivity index (χ2n) is 7.51. The lowest BCUT2D eigenvalue weighted by Crippen LogP contribution is -2.53. The number of pyridine rings is 1. The van der Waals surface area contributed by atoms with Gasteiger partial charge in [-0.05, 0) is 18.6 Å². The third-order valence-corrected chi connectivity index (χ3v) is 5.46. The fourth-order valence-corrected chi connectivity index (χ4v) is 4.06. The highest BCUT2D eigenvalue weighted by atomic mass is 16.5. The molecule has 0 aromatic carbocycles. The van der Waals surface area contributed by atoms with Crippen LogP contribution in [0.15, 0.2) is 30.6 Å². The minimum atomic E-state index is -0.203. The molecule has 2 aliphatic heterocycles. The molecule has 1 amide bonds. The van der Waals surface area contributed by atoms with Gasteiger partial charge in [-0.1, -0.05) is 6.07 Å². The number of amides is 1. The van der Waals surface area contributed by atoms with Crippen LogP contribution in [0.3, 0.4) is 0 Å². The Morgan fingerprint density at radius 2 is 2.10 bits per heavy atom. The molecule has 2 aromatic heterocycles. The summed E-state index contributed by atoms with van der Waals surface area (Å²) in [7, 11) is 0. The topological polar surface area (TPSA) is 98.7 Å². The van der Waals surface area contributed by atoms with E-state index >= 15 is 0 Å². The number of rotatable bonds is 5. The Bertz CT molecular complexity index is 821. The van der Waals surface area contributed by atoms with E-state index < -0.39 is 0 Å². The van der Waals surface area contributed by atoms with Crippen LogP contribution in [0.5, 0.6) is 0 Å². The quantitative estimate of drug-likeness (QED) is 0.779. The maximum atomic E-state index is 13.3. The summed E-state index contributed by atoms with van der Waals surface area (Å²) in [5, 5.41) is 4.33. The number of aromatic nitrogens is 3. The lowest BCUT2D eigenvalue weighted by atomic mass is 9.98. The summed E-state index contributed by atoms with van der Waals surface area (Å²) in [6, 6.07) is 5.47. The molecule has 0 bridgehead atoms. The molecule has 0 radical (unpaired) electrons. The number of nitrogen functional groups attached to an aromatic ring is 1. The third-order valence-electron chi connectivity index (χ3n) is 5.46. The summed E-state index contributed by atoms with van der Waals surface area (Å²) in [4.78, 5) is 21.7. The van der Waals surface area contributed by atoms with Gasteiger partial charge in [-0.15, -0.1) is 0 Å². The van der Waals surface area contributed by atoms with Gasteiger partial charge in [0.1, 0.15) is 12.4 Å². The van der Waals surface area contributed by atoms with Crippen LogP contribution >= 0.6 is 0 Å². The second kappa shape index (κ2) is 8.89. The largest absolute Gasteiger partial charge is 0.384 e. The Labute approximate surface area is 170 Å². The predicted octanol–water partition coefficient (Wildman–Crippen LogP) is 0.470. The second-order valence-corrected chi connectivity index (χ2v) is 7.51. The Balaban J connectivity index is 1.56. The summed E-state index contributed by atoms with van der Waals surface area (Å²) in [6.45, 7) is 6.95. The first-order valence-corrected chi connectivity index (χ1v) is 10.0. The molecule has 2 atom stereocenters. The average Bonchev–Trinajstić information content (AvgIpc) is 3.06. The van der Waals surface area contributed by atoms with Crippen LogP contribution in [0.4, 0.5) is 5.82 Å². The van der Waals surface area contributed by atoms with E-state index in [9.17, 15) is 4.79 Å². The smallest absolute Gasteiger partial charge is 0.245 e. The number of ether oxygens (including phenoxy) is 2. The van der Waals surface area contributed by atoms with Crippen LogP contribution in [-0.4, -0.2) is 82.6 Å². The van der Waals surface area contributed by atoms with E-state index in [0.29, 0.717) is 19.0 Å². The molecule has 2 aromatic rings. The number of morpholine rings is 2. The van der Waals surface area contributed by atoms with Gasteiger partial charge in [0.2, 0.25) is 5.91 Å². The average molecular weight is 400 g/mol. The van der Waals surface area contributed by atoms with Crippen molar-refractivity contribution in [2.24, 2.45) is 0 Å². The minimum absolute atomic E-state index is 0.0241.